The maximum absolute atomic E-state index is 12.4. The second kappa shape index (κ2) is 7.09. The molecule has 0 aliphatic rings. The smallest absolute Gasteiger partial charge is 0.278 e. The van der Waals surface area contributed by atoms with Crippen LogP contribution in [-0.4, -0.2) is 32.9 Å². The molecule has 0 spiro atoms. The summed E-state index contributed by atoms with van der Waals surface area (Å²) in [5.41, 5.74) is -1.47. The Morgan fingerprint density at radius 2 is 1.59 bits per heavy atom. The molecule has 0 aliphatic heterocycles. The van der Waals surface area contributed by atoms with Crippen molar-refractivity contribution in [1.29, 1.82) is 0 Å². The molecule has 0 heterocycles. The topological polar surface area (TPSA) is 167 Å². The maximum atomic E-state index is 12.4. The lowest BCUT2D eigenvalue weighted by Crippen LogP contribution is -2.14. The number of nitro groups is 2. The van der Waals surface area contributed by atoms with E-state index in [0.29, 0.717) is 6.07 Å². The zero-order valence-electron chi connectivity index (χ0n) is 13.3. The van der Waals surface area contributed by atoms with Crippen molar-refractivity contribution in [3.63, 3.8) is 0 Å². The third-order valence-corrected chi connectivity index (χ3v) is 6.06. The van der Waals surface area contributed by atoms with E-state index in [2.05, 4.69) is 0 Å². The first-order valence-electron chi connectivity index (χ1n) is 6.78. The largest absolute Gasteiger partial charge is 0.289 e. The molecule has 11 nitrogen and oxygen atoms in total. The van der Waals surface area contributed by atoms with Gasteiger partial charge in [-0.25, -0.2) is 16.8 Å². The van der Waals surface area contributed by atoms with E-state index < -0.39 is 45.2 Å². The van der Waals surface area contributed by atoms with Crippen molar-refractivity contribution in [1.82, 2.24) is 0 Å². The summed E-state index contributed by atoms with van der Waals surface area (Å²) in [5.74, 6) is 0. The van der Waals surface area contributed by atoms with Gasteiger partial charge in [-0.05, 0) is 18.2 Å². The summed E-state index contributed by atoms with van der Waals surface area (Å²) < 4.78 is 50.1. The summed E-state index contributed by atoms with van der Waals surface area (Å²) in [6.07, 6.45) is 0.748. The monoisotopic (exact) mass is 435 g/mol. The van der Waals surface area contributed by atoms with Crippen molar-refractivity contribution >= 4 is 48.5 Å². The second-order valence-electron chi connectivity index (χ2n) is 5.19. The molecule has 0 aromatic heterocycles. The van der Waals surface area contributed by atoms with E-state index in [4.69, 9.17) is 11.6 Å². The van der Waals surface area contributed by atoms with E-state index in [1.165, 1.54) is 0 Å². The average molecular weight is 436 g/mol. The summed E-state index contributed by atoms with van der Waals surface area (Å²) >= 11 is 5.81. The highest BCUT2D eigenvalue weighted by Gasteiger charge is 2.26. The number of anilines is 1. The van der Waals surface area contributed by atoms with Gasteiger partial charge in [0.05, 0.1) is 25.5 Å². The molecule has 0 unspecified atom stereocenters. The number of benzene rings is 2. The number of sulfone groups is 1. The van der Waals surface area contributed by atoms with Crippen molar-refractivity contribution < 1.29 is 26.7 Å². The van der Waals surface area contributed by atoms with Crippen LogP contribution < -0.4 is 4.72 Å². The fourth-order valence-corrected chi connectivity index (χ4v) is 4.23. The molecule has 0 bridgehead atoms. The average Bonchev–Trinajstić information content (AvgIpc) is 2.55. The molecule has 0 radical (unpaired) electrons. The first kappa shape index (κ1) is 20.5. The molecule has 0 aliphatic carbocycles. The maximum Gasteiger partial charge on any atom is 0.289 e. The molecule has 0 amide bonds. The Hall–Kier alpha value is -2.77. The SMILES string of the molecule is CS(=O)(=O)c1ccc(S(=O)(=O)Nc2ccc([N+](=O)[O-])cc2Cl)cc1[N+](=O)[O-]. The van der Waals surface area contributed by atoms with Gasteiger partial charge >= 0.3 is 0 Å². The van der Waals surface area contributed by atoms with E-state index in [0.717, 1.165) is 36.6 Å². The molecule has 14 heteroatoms. The van der Waals surface area contributed by atoms with Gasteiger partial charge in [-0.3, -0.25) is 25.0 Å². The van der Waals surface area contributed by atoms with Crippen molar-refractivity contribution in [2.75, 3.05) is 11.0 Å². The summed E-state index contributed by atoms with van der Waals surface area (Å²) in [4.78, 5) is 18.8. The Kier molecular flexibility index (Phi) is 5.40. The van der Waals surface area contributed by atoms with E-state index in [-0.39, 0.29) is 16.4 Å². The van der Waals surface area contributed by atoms with Gasteiger partial charge in [0.1, 0.15) is 4.90 Å². The second-order valence-corrected chi connectivity index (χ2v) is 9.26. The highest BCUT2D eigenvalue weighted by molar-refractivity contribution is 7.92. The number of nitrogens with zero attached hydrogens (tertiary/aromatic N) is 2. The van der Waals surface area contributed by atoms with Crippen LogP contribution >= 0.6 is 11.6 Å². The Morgan fingerprint density at radius 1 is 0.963 bits per heavy atom. The lowest BCUT2D eigenvalue weighted by Gasteiger charge is -2.10. The van der Waals surface area contributed by atoms with Crippen molar-refractivity contribution in [2.45, 2.75) is 9.79 Å². The predicted molar refractivity (Wildman–Crippen MR) is 95.1 cm³/mol. The fraction of sp³-hybridized carbons (Fsp3) is 0.0769. The molecule has 0 saturated heterocycles. The first-order valence-corrected chi connectivity index (χ1v) is 10.5. The predicted octanol–water partition coefficient (Wildman–Crippen LogP) is 2.36. The van der Waals surface area contributed by atoms with Gasteiger partial charge in [0, 0.05) is 24.5 Å². The van der Waals surface area contributed by atoms with Gasteiger partial charge in [0.15, 0.2) is 9.84 Å². The molecule has 144 valence electrons. The Bertz CT molecular complexity index is 1160. The first-order chi connectivity index (χ1) is 12.3. The molecule has 1 N–H and O–H groups in total. The van der Waals surface area contributed by atoms with Crippen molar-refractivity contribution in [3.8, 4) is 0 Å². The Balaban J connectivity index is 2.50. The van der Waals surface area contributed by atoms with Crippen LogP contribution in [0.2, 0.25) is 5.02 Å². The van der Waals surface area contributed by atoms with Crippen molar-refractivity contribution in [3.05, 3.63) is 61.6 Å². The number of nitrogens with one attached hydrogen (secondary N) is 1. The van der Waals surface area contributed by atoms with Crippen molar-refractivity contribution in [2.24, 2.45) is 0 Å². The molecular formula is C13H10ClN3O8S2. The number of non-ortho nitro benzene ring substituents is 1. The standard InChI is InChI=1S/C13H10ClN3O8S2/c1-26(22,23)13-5-3-9(7-12(13)17(20)21)27(24,25)15-11-4-2-8(16(18)19)6-10(11)14/h2-7,15H,1H3. The molecule has 2 aromatic rings. The lowest BCUT2D eigenvalue weighted by atomic mass is 10.3. The minimum atomic E-state index is -4.39. The lowest BCUT2D eigenvalue weighted by molar-refractivity contribution is -0.388. The fourth-order valence-electron chi connectivity index (χ4n) is 2.02. The molecule has 0 fully saturated rings. The minimum absolute atomic E-state index is 0.197. The third kappa shape index (κ3) is 4.50. The number of halogens is 1. The number of hydrogen-bond donors (Lipinski definition) is 1. The van der Waals surface area contributed by atoms with Crippen LogP contribution in [-0.2, 0) is 19.9 Å². The molecule has 27 heavy (non-hydrogen) atoms. The number of rotatable bonds is 6. The molecule has 2 aromatic carbocycles. The van der Waals surface area contributed by atoms with Gasteiger partial charge < -0.3 is 0 Å². The quantitative estimate of drug-likeness (QED) is 0.532. The van der Waals surface area contributed by atoms with E-state index >= 15 is 0 Å². The van der Waals surface area contributed by atoms with Gasteiger partial charge in [-0.2, -0.15) is 0 Å². The molecule has 0 saturated carbocycles. The van der Waals surface area contributed by atoms with E-state index in [1.54, 1.807) is 0 Å². The van der Waals surface area contributed by atoms with Gasteiger partial charge in [0.25, 0.3) is 21.4 Å². The van der Waals surface area contributed by atoms with Gasteiger partial charge in [-0.15, -0.1) is 0 Å². The van der Waals surface area contributed by atoms with Crippen LogP contribution in [0.5, 0.6) is 0 Å². The van der Waals surface area contributed by atoms with Crippen LogP contribution in [0.15, 0.2) is 46.2 Å². The highest BCUT2D eigenvalue weighted by atomic mass is 35.5. The molecule has 0 atom stereocenters. The Morgan fingerprint density at radius 3 is 2.07 bits per heavy atom. The molecular weight excluding hydrogens is 426 g/mol. The minimum Gasteiger partial charge on any atom is -0.278 e. The zero-order valence-corrected chi connectivity index (χ0v) is 15.7. The van der Waals surface area contributed by atoms with E-state index in [9.17, 15) is 37.1 Å². The van der Waals surface area contributed by atoms with Crippen LogP contribution in [0.4, 0.5) is 17.1 Å². The van der Waals surface area contributed by atoms with Gasteiger partial charge in [-0.1, -0.05) is 11.6 Å². The third-order valence-electron chi connectivity index (χ3n) is 3.24. The summed E-state index contributed by atoms with van der Waals surface area (Å²) in [5, 5.41) is 21.5. The van der Waals surface area contributed by atoms with Crippen LogP contribution in [0.1, 0.15) is 0 Å². The summed E-state index contributed by atoms with van der Waals surface area (Å²) in [6.45, 7) is 0. The number of hydrogen-bond acceptors (Lipinski definition) is 8. The number of nitro benzene ring substituents is 2. The molecule has 2 rings (SSSR count). The summed E-state index contributed by atoms with van der Waals surface area (Å²) in [6, 6.07) is 5.27. The van der Waals surface area contributed by atoms with Crippen LogP contribution in [0, 0.1) is 20.2 Å². The van der Waals surface area contributed by atoms with E-state index in [1.807, 2.05) is 4.72 Å². The normalized spacial score (nSPS) is 11.8. The Labute approximate surface area is 157 Å². The summed E-state index contributed by atoms with van der Waals surface area (Å²) in [7, 11) is -8.35. The van der Waals surface area contributed by atoms with Crippen LogP contribution in [0.25, 0.3) is 0 Å². The zero-order chi connectivity index (χ0) is 20.6. The van der Waals surface area contributed by atoms with Crippen LogP contribution in [0.3, 0.4) is 0 Å². The number of sulfonamides is 1. The highest BCUT2D eigenvalue weighted by Crippen LogP contribution is 2.31. The van der Waals surface area contributed by atoms with Gasteiger partial charge in [0.2, 0.25) is 0 Å².